The molecule has 0 atom stereocenters. The van der Waals surface area contributed by atoms with Crippen LogP contribution in [0.1, 0.15) is 49.4 Å². The quantitative estimate of drug-likeness (QED) is 0.525. The van der Waals surface area contributed by atoms with E-state index in [2.05, 4.69) is 4.98 Å². The number of nitrogens with zero attached hydrogens (tertiary/aromatic N) is 2. The third-order valence-corrected chi connectivity index (χ3v) is 4.09. The molecule has 0 unspecified atom stereocenters. The van der Waals surface area contributed by atoms with Crippen LogP contribution in [-0.4, -0.2) is 33.5 Å². The molecule has 0 saturated heterocycles. The molecule has 124 valence electrons. The van der Waals surface area contributed by atoms with Crippen molar-refractivity contribution in [1.29, 1.82) is 0 Å². The number of halogens is 1. The molecule has 3 aromatic rings. The van der Waals surface area contributed by atoms with Crippen molar-refractivity contribution in [1.82, 2.24) is 9.38 Å². The number of ether oxygens (including phenoxy) is 1. The van der Waals surface area contributed by atoms with Gasteiger partial charge in [0, 0.05) is 12.4 Å². The Labute approximate surface area is 140 Å². The summed E-state index contributed by atoms with van der Waals surface area (Å²) < 4.78 is 20.0. The third kappa shape index (κ3) is 2.02. The van der Waals surface area contributed by atoms with Gasteiger partial charge in [0.1, 0.15) is 17.2 Å². The summed E-state index contributed by atoms with van der Waals surface area (Å²) in [6.07, 6.45) is 2.47. The van der Waals surface area contributed by atoms with Crippen molar-refractivity contribution in [2.75, 3.05) is 6.61 Å². The lowest BCUT2D eigenvalue weighted by molar-refractivity contribution is 0.0526. The largest absolute Gasteiger partial charge is 0.462 e. The Morgan fingerprint density at radius 1 is 1.24 bits per heavy atom. The number of hydrogen-bond acceptors (Lipinski definition) is 5. The van der Waals surface area contributed by atoms with Crippen molar-refractivity contribution in [2.45, 2.75) is 6.92 Å². The van der Waals surface area contributed by atoms with Crippen LogP contribution in [0.5, 0.6) is 0 Å². The van der Waals surface area contributed by atoms with E-state index in [0.717, 1.165) is 12.3 Å². The van der Waals surface area contributed by atoms with Gasteiger partial charge in [0.05, 0.1) is 28.8 Å². The van der Waals surface area contributed by atoms with Gasteiger partial charge < -0.3 is 9.14 Å². The van der Waals surface area contributed by atoms with Crippen molar-refractivity contribution >= 4 is 23.1 Å². The van der Waals surface area contributed by atoms with E-state index in [0.29, 0.717) is 0 Å². The average molecular weight is 338 g/mol. The second-order valence-electron chi connectivity index (χ2n) is 5.48. The summed E-state index contributed by atoms with van der Waals surface area (Å²) >= 11 is 0. The lowest BCUT2D eigenvalue weighted by Gasteiger charge is -2.14. The van der Waals surface area contributed by atoms with E-state index in [1.54, 1.807) is 6.92 Å². The fourth-order valence-electron chi connectivity index (χ4n) is 3.10. The SMILES string of the molecule is CCOC(=O)c1c2c(n3cc(F)ccc13)C(=O)c1ncccc1C2=O. The molecular formula is C18H11FN2O4. The zero-order valence-corrected chi connectivity index (χ0v) is 13.1. The van der Waals surface area contributed by atoms with Gasteiger partial charge in [-0.15, -0.1) is 0 Å². The topological polar surface area (TPSA) is 77.7 Å². The first-order valence-electron chi connectivity index (χ1n) is 7.59. The Morgan fingerprint density at radius 3 is 2.80 bits per heavy atom. The highest BCUT2D eigenvalue weighted by atomic mass is 19.1. The van der Waals surface area contributed by atoms with E-state index in [1.807, 2.05) is 0 Å². The molecule has 0 radical (unpaired) electrons. The zero-order valence-electron chi connectivity index (χ0n) is 13.1. The third-order valence-electron chi connectivity index (χ3n) is 4.09. The van der Waals surface area contributed by atoms with Crippen molar-refractivity contribution in [2.24, 2.45) is 0 Å². The summed E-state index contributed by atoms with van der Waals surface area (Å²) in [5, 5.41) is 0. The summed E-state index contributed by atoms with van der Waals surface area (Å²) in [6.45, 7) is 1.74. The van der Waals surface area contributed by atoms with E-state index in [1.165, 1.54) is 28.8 Å². The number of pyridine rings is 2. The Kier molecular flexibility index (Phi) is 3.24. The summed E-state index contributed by atoms with van der Waals surface area (Å²) in [5.41, 5.74) is 0.147. The number of fused-ring (bicyclic) bond motifs is 4. The number of rotatable bonds is 2. The molecule has 0 aliphatic heterocycles. The van der Waals surface area contributed by atoms with Crippen molar-refractivity contribution in [3.8, 4) is 0 Å². The second-order valence-corrected chi connectivity index (χ2v) is 5.48. The van der Waals surface area contributed by atoms with Crippen LogP contribution in [-0.2, 0) is 4.74 Å². The maximum Gasteiger partial charge on any atom is 0.341 e. The molecular weight excluding hydrogens is 327 g/mol. The van der Waals surface area contributed by atoms with E-state index in [9.17, 15) is 18.8 Å². The summed E-state index contributed by atoms with van der Waals surface area (Å²) in [7, 11) is 0. The molecule has 0 spiro atoms. The van der Waals surface area contributed by atoms with Gasteiger partial charge in [-0.1, -0.05) is 0 Å². The summed E-state index contributed by atoms with van der Waals surface area (Å²) in [4.78, 5) is 42.2. The highest BCUT2D eigenvalue weighted by Gasteiger charge is 2.39. The number of aromatic nitrogens is 2. The molecule has 0 amide bonds. The van der Waals surface area contributed by atoms with Crippen molar-refractivity contribution in [3.05, 3.63) is 70.6 Å². The molecule has 3 aromatic heterocycles. The minimum Gasteiger partial charge on any atom is -0.462 e. The summed E-state index contributed by atoms with van der Waals surface area (Å²) in [5.74, 6) is -2.39. The van der Waals surface area contributed by atoms with E-state index < -0.39 is 23.4 Å². The fourth-order valence-corrected chi connectivity index (χ4v) is 3.10. The van der Waals surface area contributed by atoms with E-state index in [4.69, 9.17) is 4.74 Å². The average Bonchev–Trinajstić information content (AvgIpc) is 2.94. The molecule has 0 bridgehead atoms. The molecule has 7 heteroatoms. The molecule has 6 nitrogen and oxygen atoms in total. The zero-order chi connectivity index (χ0) is 17.7. The molecule has 0 aromatic carbocycles. The number of esters is 1. The maximum absolute atomic E-state index is 13.7. The normalized spacial score (nSPS) is 12.9. The minimum absolute atomic E-state index is 0.0147. The Morgan fingerprint density at radius 2 is 2.04 bits per heavy atom. The first-order valence-corrected chi connectivity index (χ1v) is 7.59. The highest BCUT2D eigenvalue weighted by molar-refractivity contribution is 6.31. The van der Waals surface area contributed by atoms with Crippen molar-refractivity contribution < 1.29 is 23.5 Å². The molecule has 1 aliphatic rings. The molecule has 25 heavy (non-hydrogen) atoms. The smallest absolute Gasteiger partial charge is 0.341 e. The van der Waals surface area contributed by atoms with E-state index >= 15 is 0 Å². The minimum atomic E-state index is -0.735. The van der Waals surface area contributed by atoms with E-state index in [-0.39, 0.29) is 40.2 Å². The standard InChI is InChI=1S/C18H11FN2O4/c1-2-25-18(24)12-11-6-5-9(19)8-21(11)15-13(12)16(22)10-4-3-7-20-14(10)17(15)23/h3-8H,2H2,1H3. The molecule has 3 heterocycles. The van der Waals surface area contributed by atoms with Gasteiger partial charge in [-0.25, -0.2) is 9.18 Å². The Bertz CT molecular complexity index is 1080. The Balaban J connectivity index is 2.13. The number of carbonyl (C=O) groups excluding carboxylic acids is 3. The van der Waals surface area contributed by atoms with Crippen LogP contribution in [0.25, 0.3) is 5.52 Å². The van der Waals surface area contributed by atoms with Crippen LogP contribution in [0.2, 0.25) is 0 Å². The molecule has 4 rings (SSSR count). The van der Waals surface area contributed by atoms with Crippen LogP contribution in [0.4, 0.5) is 4.39 Å². The predicted molar refractivity (Wildman–Crippen MR) is 84.4 cm³/mol. The lowest BCUT2D eigenvalue weighted by atomic mass is 9.89. The van der Waals surface area contributed by atoms with Gasteiger partial charge in [-0.05, 0) is 31.2 Å². The van der Waals surface area contributed by atoms with Gasteiger partial charge in [-0.2, -0.15) is 0 Å². The first-order chi connectivity index (χ1) is 12.0. The number of ketones is 2. The van der Waals surface area contributed by atoms with Crippen LogP contribution < -0.4 is 0 Å². The van der Waals surface area contributed by atoms with Crippen LogP contribution in [0.15, 0.2) is 36.7 Å². The molecule has 1 aliphatic carbocycles. The maximum atomic E-state index is 13.7. The van der Waals surface area contributed by atoms with Gasteiger partial charge in [0.15, 0.2) is 5.78 Å². The van der Waals surface area contributed by atoms with Crippen molar-refractivity contribution in [3.63, 3.8) is 0 Å². The monoisotopic (exact) mass is 338 g/mol. The second kappa shape index (κ2) is 5.34. The number of hydrogen-bond donors (Lipinski definition) is 0. The van der Waals surface area contributed by atoms with Gasteiger partial charge in [-0.3, -0.25) is 14.6 Å². The molecule has 0 fully saturated rings. The van der Waals surface area contributed by atoms with Crippen LogP contribution in [0.3, 0.4) is 0 Å². The summed E-state index contributed by atoms with van der Waals surface area (Å²) in [6, 6.07) is 5.51. The lowest BCUT2D eigenvalue weighted by Crippen LogP contribution is -2.24. The van der Waals surface area contributed by atoms with Crippen LogP contribution in [0, 0.1) is 5.82 Å². The molecule has 0 saturated carbocycles. The van der Waals surface area contributed by atoms with Gasteiger partial charge >= 0.3 is 5.97 Å². The number of carbonyl (C=O) groups is 3. The Hall–Kier alpha value is -3.35. The first kappa shape index (κ1) is 15.2. The predicted octanol–water partition coefficient (Wildman–Crippen LogP) is 2.43. The van der Waals surface area contributed by atoms with Crippen LogP contribution >= 0.6 is 0 Å². The van der Waals surface area contributed by atoms with Gasteiger partial charge in [0.25, 0.3) is 0 Å². The molecule has 0 N–H and O–H groups in total. The fraction of sp³-hybridized carbons (Fsp3) is 0.111. The van der Waals surface area contributed by atoms with Gasteiger partial charge in [0.2, 0.25) is 5.78 Å². The highest BCUT2D eigenvalue weighted by Crippen LogP contribution is 2.33.